The topological polar surface area (TPSA) is 43.4 Å². The minimum atomic E-state index is 0.569. The van der Waals surface area contributed by atoms with Crippen molar-refractivity contribution in [2.45, 2.75) is 13.8 Å². The molecule has 0 atom stereocenters. The summed E-state index contributed by atoms with van der Waals surface area (Å²) in [6.45, 7) is 5.04. The SMILES string of the molecule is CCOc1cc2nccc(Nc3ccccc3Cl)c2cc1OCC. The van der Waals surface area contributed by atoms with Gasteiger partial charge in [-0.25, -0.2) is 0 Å². The van der Waals surface area contributed by atoms with Gasteiger partial charge in [-0.3, -0.25) is 4.98 Å². The highest BCUT2D eigenvalue weighted by atomic mass is 35.5. The van der Waals surface area contributed by atoms with Crippen LogP contribution in [-0.2, 0) is 0 Å². The quantitative estimate of drug-likeness (QED) is 0.648. The first-order chi connectivity index (χ1) is 11.7. The molecule has 1 heterocycles. The largest absolute Gasteiger partial charge is 0.490 e. The van der Waals surface area contributed by atoms with Gasteiger partial charge in [0.2, 0.25) is 0 Å². The maximum Gasteiger partial charge on any atom is 0.163 e. The smallest absolute Gasteiger partial charge is 0.163 e. The van der Waals surface area contributed by atoms with Crippen LogP contribution in [0.5, 0.6) is 11.5 Å². The van der Waals surface area contributed by atoms with E-state index in [2.05, 4.69) is 10.3 Å². The molecule has 3 rings (SSSR count). The van der Waals surface area contributed by atoms with E-state index >= 15 is 0 Å². The first-order valence-corrected chi connectivity index (χ1v) is 8.30. The van der Waals surface area contributed by atoms with Crippen molar-refractivity contribution in [3.8, 4) is 11.5 Å². The highest BCUT2D eigenvalue weighted by Crippen LogP contribution is 2.36. The molecule has 0 saturated heterocycles. The van der Waals surface area contributed by atoms with Crippen LogP contribution in [0.15, 0.2) is 48.7 Å². The number of anilines is 2. The number of ether oxygens (including phenoxy) is 2. The monoisotopic (exact) mass is 342 g/mol. The Morgan fingerprint density at radius 2 is 1.67 bits per heavy atom. The van der Waals surface area contributed by atoms with E-state index in [-0.39, 0.29) is 0 Å². The third-order valence-electron chi connectivity index (χ3n) is 3.55. The van der Waals surface area contributed by atoms with Gasteiger partial charge in [0.25, 0.3) is 0 Å². The van der Waals surface area contributed by atoms with Gasteiger partial charge >= 0.3 is 0 Å². The predicted octanol–water partition coefficient (Wildman–Crippen LogP) is 5.43. The Balaban J connectivity index is 2.08. The lowest BCUT2D eigenvalue weighted by atomic mass is 10.1. The van der Waals surface area contributed by atoms with E-state index in [9.17, 15) is 0 Å². The molecule has 2 aromatic carbocycles. The van der Waals surface area contributed by atoms with Crippen LogP contribution in [0.4, 0.5) is 11.4 Å². The van der Waals surface area contributed by atoms with Crippen molar-refractivity contribution in [3.63, 3.8) is 0 Å². The van der Waals surface area contributed by atoms with Crippen molar-refractivity contribution in [1.29, 1.82) is 0 Å². The predicted molar refractivity (Wildman–Crippen MR) is 98.8 cm³/mol. The van der Waals surface area contributed by atoms with Crippen LogP contribution in [-0.4, -0.2) is 18.2 Å². The highest BCUT2D eigenvalue weighted by molar-refractivity contribution is 6.33. The standard InChI is InChI=1S/C19H19ClN2O2/c1-3-23-18-11-13-15(22-16-8-6-5-7-14(16)20)9-10-21-17(13)12-19(18)24-4-2/h5-12H,3-4H2,1-2H3,(H,21,22). The van der Waals surface area contributed by atoms with Gasteiger partial charge in [-0.1, -0.05) is 23.7 Å². The molecule has 0 saturated carbocycles. The molecule has 1 N–H and O–H groups in total. The van der Waals surface area contributed by atoms with Gasteiger partial charge < -0.3 is 14.8 Å². The van der Waals surface area contributed by atoms with Crippen LogP contribution in [0, 0.1) is 0 Å². The Bertz CT molecular complexity index is 852. The van der Waals surface area contributed by atoms with Crippen LogP contribution in [0.1, 0.15) is 13.8 Å². The van der Waals surface area contributed by atoms with Gasteiger partial charge in [0, 0.05) is 23.3 Å². The summed E-state index contributed by atoms with van der Waals surface area (Å²) in [5.41, 5.74) is 2.59. The average Bonchev–Trinajstić information content (AvgIpc) is 2.58. The molecule has 4 nitrogen and oxygen atoms in total. The van der Waals surface area contributed by atoms with Gasteiger partial charge in [0.15, 0.2) is 11.5 Å². The van der Waals surface area contributed by atoms with Crippen LogP contribution in [0.25, 0.3) is 10.9 Å². The highest BCUT2D eigenvalue weighted by Gasteiger charge is 2.11. The molecule has 0 spiro atoms. The van der Waals surface area contributed by atoms with E-state index in [4.69, 9.17) is 21.1 Å². The second kappa shape index (κ2) is 7.41. The number of nitrogens with one attached hydrogen (secondary N) is 1. The second-order valence-electron chi connectivity index (χ2n) is 5.15. The molecular weight excluding hydrogens is 324 g/mol. The molecule has 24 heavy (non-hydrogen) atoms. The summed E-state index contributed by atoms with van der Waals surface area (Å²) in [5.74, 6) is 1.41. The van der Waals surface area contributed by atoms with E-state index in [0.717, 1.165) is 22.3 Å². The number of rotatable bonds is 6. The van der Waals surface area contributed by atoms with Crippen LogP contribution >= 0.6 is 11.6 Å². The molecule has 3 aromatic rings. The van der Waals surface area contributed by atoms with Gasteiger partial charge in [0.1, 0.15) is 0 Å². The fraction of sp³-hybridized carbons (Fsp3) is 0.211. The van der Waals surface area contributed by atoms with Crippen molar-refractivity contribution in [2.24, 2.45) is 0 Å². The number of halogens is 1. The summed E-state index contributed by atoms with van der Waals surface area (Å²) in [4.78, 5) is 4.44. The normalized spacial score (nSPS) is 10.6. The molecule has 0 aliphatic heterocycles. The zero-order valence-corrected chi connectivity index (χ0v) is 14.4. The minimum absolute atomic E-state index is 0.569. The molecule has 124 valence electrons. The Morgan fingerprint density at radius 3 is 2.38 bits per heavy atom. The fourth-order valence-electron chi connectivity index (χ4n) is 2.51. The van der Waals surface area contributed by atoms with Crippen molar-refractivity contribution >= 4 is 33.9 Å². The van der Waals surface area contributed by atoms with E-state index in [1.807, 2.05) is 56.3 Å². The number of nitrogens with zero attached hydrogens (tertiary/aromatic N) is 1. The minimum Gasteiger partial charge on any atom is -0.490 e. The van der Waals surface area contributed by atoms with Crippen molar-refractivity contribution in [3.05, 3.63) is 53.7 Å². The summed E-state index contributed by atoms with van der Waals surface area (Å²) in [6, 6.07) is 13.4. The average molecular weight is 343 g/mol. The number of fused-ring (bicyclic) bond motifs is 1. The second-order valence-corrected chi connectivity index (χ2v) is 5.55. The summed E-state index contributed by atoms with van der Waals surface area (Å²) in [6.07, 6.45) is 1.76. The van der Waals surface area contributed by atoms with E-state index in [1.54, 1.807) is 6.20 Å². The number of pyridine rings is 1. The lowest BCUT2D eigenvalue weighted by Gasteiger charge is -2.15. The molecule has 0 unspecified atom stereocenters. The Kier molecular flexibility index (Phi) is 5.06. The van der Waals surface area contributed by atoms with Crippen molar-refractivity contribution in [1.82, 2.24) is 4.98 Å². The molecule has 0 fully saturated rings. The molecule has 0 aliphatic carbocycles. The van der Waals surface area contributed by atoms with Crippen LogP contribution < -0.4 is 14.8 Å². The van der Waals surface area contributed by atoms with Gasteiger partial charge in [0.05, 0.1) is 29.4 Å². The first-order valence-electron chi connectivity index (χ1n) is 7.92. The summed E-state index contributed by atoms with van der Waals surface area (Å²) in [7, 11) is 0. The number of aromatic nitrogens is 1. The van der Waals surface area contributed by atoms with E-state index < -0.39 is 0 Å². The van der Waals surface area contributed by atoms with E-state index in [0.29, 0.717) is 29.7 Å². The molecule has 0 bridgehead atoms. The number of hydrogen-bond donors (Lipinski definition) is 1. The zero-order chi connectivity index (χ0) is 16.9. The molecule has 0 radical (unpaired) electrons. The van der Waals surface area contributed by atoms with Gasteiger partial charge in [-0.05, 0) is 38.1 Å². The molecule has 0 amide bonds. The Labute approximate surface area is 146 Å². The van der Waals surface area contributed by atoms with Crippen LogP contribution in [0.3, 0.4) is 0 Å². The third kappa shape index (κ3) is 3.39. The maximum atomic E-state index is 6.25. The Morgan fingerprint density at radius 1 is 0.958 bits per heavy atom. The zero-order valence-electron chi connectivity index (χ0n) is 13.7. The lowest BCUT2D eigenvalue weighted by Crippen LogP contribution is -2.00. The van der Waals surface area contributed by atoms with Crippen molar-refractivity contribution < 1.29 is 9.47 Å². The number of hydrogen-bond acceptors (Lipinski definition) is 4. The summed E-state index contributed by atoms with van der Waals surface area (Å²) in [5, 5.41) is 4.98. The molecule has 5 heteroatoms. The molecular formula is C19H19ClN2O2. The number of benzene rings is 2. The van der Waals surface area contributed by atoms with Crippen molar-refractivity contribution in [2.75, 3.05) is 18.5 Å². The molecule has 0 aliphatic rings. The fourth-order valence-corrected chi connectivity index (χ4v) is 2.69. The molecule has 1 aromatic heterocycles. The maximum absolute atomic E-state index is 6.25. The Hall–Kier alpha value is -2.46. The van der Waals surface area contributed by atoms with Gasteiger partial charge in [-0.15, -0.1) is 0 Å². The first kappa shape index (κ1) is 16.4. The lowest BCUT2D eigenvalue weighted by molar-refractivity contribution is 0.288. The van der Waals surface area contributed by atoms with Crippen LogP contribution in [0.2, 0.25) is 5.02 Å². The number of para-hydroxylation sites is 1. The summed E-state index contributed by atoms with van der Waals surface area (Å²) < 4.78 is 11.4. The third-order valence-corrected chi connectivity index (χ3v) is 3.88. The van der Waals surface area contributed by atoms with Gasteiger partial charge in [-0.2, -0.15) is 0 Å². The summed E-state index contributed by atoms with van der Waals surface area (Å²) >= 11 is 6.25. The van der Waals surface area contributed by atoms with E-state index in [1.165, 1.54) is 0 Å².